The molecule has 0 saturated heterocycles. The third kappa shape index (κ3) is 70.3. The van der Waals surface area contributed by atoms with Gasteiger partial charge in [-0.05, 0) is 37.5 Å². The largest absolute Gasteiger partial charge is 0.472 e. The van der Waals surface area contributed by atoms with Gasteiger partial charge in [-0.15, -0.1) is 0 Å². The van der Waals surface area contributed by atoms with Crippen molar-refractivity contribution in [3.8, 4) is 0 Å². The number of phosphoric acid groups is 2. The molecule has 0 bridgehead atoms. The Labute approximate surface area is 581 Å². The number of phosphoric ester groups is 2. The second kappa shape index (κ2) is 67.9. The van der Waals surface area contributed by atoms with Gasteiger partial charge in [0.1, 0.15) is 19.3 Å². The van der Waals surface area contributed by atoms with Gasteiger partial charge in [0.25, 0.3) is 0 Å². The van der Waals surface area contributed by atoms with Crippen LogP contribution in [0.3, 0.4) is 0 Å². The van der Waals surface area contributed by atoms with Crippen molar-refractivity contribution >= 4 is 39.5 Å². The first kappa shape index (κ1) is 93.1. The zero-order valence-corrected chi connectivity index (χ0v) is 63.8. The lowest BCUT2D eigenvalue weighted by Gasteiger charge is -2.21. The Morgan fingerprint density at radius 3 is 0.716 bits per heavy atom. The van der Waals surface area contributed by atoms with Crippen LogP contribution in [0.2, 0.25) is 0 Å². The number of rotatable bonds is 75. The van der Waals surface area contributed by atoms with E-state index in [0.29, 0.717) is 25.7 Å². The van der Waals surface area contributed by atoms with Gasteiger partial charge in [-0.25, -0.2) is 9.13 Å². The standard InChI is InChI=1S/C76H148O17P2/c1-7-9-11-13-15-17-19-20-21-25-29-35-41-47-53-59-74(79)87-64-71(92-75(80)60-54-48-42-36-30-26-23-22-24-28-32-38-44-50-56-68(3)4)66-90-94(82,83)88-62-70(77)63-89-95(84,85)91-67-72(65-86-73(78)58-52-46-40-34-27-18-16-14-12-10-8-2)93-76(81)61-55-49-43-37-31-33-39-45-51-57-69(5)6/h68-72,77H,7-67H2,1-6H3,(H,82,83)(H,84,85)/t70-,71-,72-/m1/s1. The maximum atomic E-state index is 13.1. The second-order valence-corrected chi connectivity index (χ2v) is 31.3. The summed E-state index contributed by atoms with van der Waals surface area (Å²) in [5.41, 5.74) is 0. The van der Waals surface area contributed by atoms with Gasteiger partial charge in [0.2, 0.25) is 0 Å². The van der Waals surface area contributed by atoms with Gasteiger partial charge in [-0.2, -0.15) is 0 Å². The molecule has 5 atom stereocenters. The Bertz CT molecular complexity index is 1840. The molecule has 0 heterocycles. The highest BCUT2D eigenvalue weighted by atomic mass is 31.2. The Balaban J connectivity index is 5.25. The lowest BCUT2D eigenvalue weighted by molar-refractivity contribution is -0.161. The first-order chi connectivity index (χ1) is 45.9. The van der Waals surface area contributed by atoms with E-state index in [0.717, 1.165) is 102 Å². The van der Waals surface area contributed by atoms with Crippen LogP contribution >= 0.6 is 15.6 Å². The number of ether oxygens (including phenoxy) is 4. The average Bonchev–Trinajstić information content (AvgIpc) is 1.89. The molecular weight excluding hydrogens is 1250 g/mol. The molecule has 0 spiro atoms. The first-order valence-electron chi connectivity index (χ1n) is 39.5. The molecule has 95 heavy (non-hydrogen) atoms. The highest BCUT2D eigenvalue weighted by molar-refractivity contribution is 7.47. The van der Waals surface area contributed by atoms with Crippen LogP contribution in [0.5, 0.6) is 0 Å². The van der Waals surface area contributed by atoms with Crippen LogP contribution in [0.25, 0.3) is 0 Å². The fourth-order valence-electron chi connectivity index (χ4n) is 11.7. The molecule has 564 valence electrons. The van der Waals surface area contributed by atoms with Gasteiger partial charge >= 0.3 is 39.5 Å². The molecule has 0 aliphatic heterocycles. The minimum atomic E-state index is -4.96. The maximum Gasteiger partial charge on any atom is 0.472 e. The molecule has 2 unspecified atom stereocenters. The quantitative estimate of drug-likeness (QED) is 0.0222. The van der Waals surface area contributed by atoms with Crippen molar-refractivity contribution in [2.24, 2.45) is 11.8 Å². The highest BCUT2D eigenvalue weighted by Crippen LogP contribution is 2.45. The fraction of sp³-hybridized carbons (Fsp3) is 0.947. The summed E-state index contributed by atoms with van der Waals surface area (Å²) in [6.45, 7) is 9.60. The lowest BCUT2D eigenvalue weighted by atomic mass is 10.0. The van der Waals surface area contributed by atoms with Gasteiger partial charge in [-0.1, -0.05) is 343 Å². The van der Waals surface area contributed by atoms with Gasteiger partial charge < -0.3 is 33.8 Å². The van der Waals surface area contributed by atoms with Gasteiger partial charge in [-0.3, -0.25) is 37.3 Å². The van der Waals surface area contributed by atoms with E-state index in [1.165, 1.54) is 212 Å². The summed E-state index contributed by atoms with van der Waals surface area (Å²) in [5.74, 6) is -0.582. The maximum absolute atomic E-state index is 13.1. The second-order valence-electron chi connectivity index (χ2n) is 28.3. The molecule has 0 saturated carbocycles. The van der Waals surface area contributed by atoms with Crippen molar-refractivity contribution in [3.05, 3.63) is 0 Å². The van der Waals surface area contributed by atoms with Crippen LogP contribution in [0, 0.1) is 11.8 Å². The van der Waals surface area contributed by atoms with Crippen molar-refractivity contribution in [2.75, 3.05) is 39.6 Å². The molecule has 0 aromatic carbocycles. The summed E-state index contributed by atoms with van der Waals surface area (Å²) in [6.07, 6.45) is 55.4. The van der Waals surface area contributed by atoms with E-state index >= 15 is 0 Å². The molecule has 0 aromatic heterocycles. The smallest absolute Gasteiger partial charge is 0.462 e. The van der Waals surface area contributed by atoms with Crippen LogP contribution < -0.4 is 0 Å². The number of esters is 4. The number of aliphatic hydroxyl groups excluding tert-OH is 1. The van der Waals surface area contributed by atoms with Crippen molar-refractivity contribution in [2.45, 2.75) is 413 Å². The molecule has 0 fully saturated rings. The number of hydrogen-bond donors (Lipinski definition) is 3. The van der Waals surface area contributed by atoms with Gasteiger partial charge in [0.05, 0.1) is 26.4 Å². The predicted molar refractivity (Wildman–Crippen MR) is 386 cm³/mol. The number of hydrogen-bond acceptors (Lipinski definition) is 15. The minimum Gasteiger partial charge on any atom is -0.462 e. The van der Waals surface area contributed by atoms with Crippen molar-refractivity contribution in [3.63, 3.8) is 0 Å². The number of carbonyl (C=O) groups excluding carboxylic acids is 4. The Morgan fingerprint density at radius 1 is 0.284 bits per heavy atom. The van der Waals surface area contributed by atoms with Crippen LogP contribution in [0.4, 0.5) is 0 Å². The van der Waals surface area contributed by atoms with Crippen LogP contribution in [-0.4, -0.2) is 96.7 Å². The topological polar surface area (TPSA) is 237 Å². The molecule has 0 aliphatic rings. The van der Waals surface area contributed by atoms with Crippen molar-refractivity contribution < 1.29 is 80.2 Å². The van der Waals surface area contributed by atoms with Crippen molar-refractivity contribution in [1.29, 1.82) is 0 Å². The normalized spacial score (nSPS) is 14.0. The summed E-state index contributed by atoms with van der Waals surface area (Å²) < 4.78 is 68.5. The van der Waals surface area contributed by atoms with Gasteiger partial charge in [0.15, 0.2) is 12.2 Å². The predicted octanol–water partition coefficient (Wildman–Crippen LogP) is 22.3. The fourth-order valence-corrected chi connectivity index (χ4v) is 13.2. The molecule has 0 radical (unpaired) electrons. The molecular formula is C76H148O17P2. The number of aliphatic hydroxyl groups is 1. The highest BCUT2D eigenvalue weighted by Gasteiger charge is 2.30. The summed E-state index contributed by atoms with van der Waals surface area (Å²) in [4.78, 5) is 72.8. The molecule has 0 rings (SSSR count). The molecule has 19 heteroatoms. The summed E-state index contributed by atoms with van der Waals surface area (Å²) in [7, 11) is -9.91. The number of unbranched alkanes of at least 4 members (excludes halogenated alkanes) is 45. The molecule has 0 aliphatic carbocycles. The van der Waals surface area contributed by atoms with Gasteiger partial charge in [0, 0.05) is 25.7 Å². The third-order valence-corrected chi connectivity index (χ3v) is 19.6. The monoisotopic (exact) mass is 1400 g/mol. The Hall–Kier alpha value is -1.94. The van der Waals surface area contributed by atoms with Crippen molar-refractivity contribution in [1.82, 2.24) is 0 Å². The van der Waals surface area contributed by atoms with E-state index in [1.807, 2.05) is 0 Å². The summed E-state index contributed by atoms with van der Waals surface area (Å²) >= 11 is 0. The van der Waals surface area contributed by atoms with E-state index in [2.05, 4.69) is 41.5 Å². The zero-order valence-electron chi connectivity index (χ0n) is 62.0. The lowest BCUT2D eigenvalue weighted by Crippen LogP contribution is -2.30. The van der Waals surface area contributed by atoms with E-state index in [4.69, 9.17) is 37.0 Å². The molecule has 17 nitrogen and oxygen atoms in total. The van der Waals surface area contributed by atoms with E-state index in [9.17, 15) is 43.2 Å². The van der Waals surface area contributed by atoms with Crippen LogP contribution in [0.15, 0.2) is 0 Å². The third-order valence-electron chi connectivity index (χ3n) is 17.7. The molecule has 0 amide bonds. The first-order valence-corrected chi connectivity index (χ1v) is 42.5. The minimum absolute atomic E-state index is 0.106. The van der Waals surface area contributed by atoms with Crippen LogP contribution in [0.1, 0.15) is 395 Å². The van der Waals surface area contributed by atoms with E-state index < -0.39 is 97.5 Å². The van der Waals surface area contributed by atoms with Crippen LogP contribution in [-0.2, 0) is 65.4 Å². The van der Waals surface area contributed by atoms with E-state index in [1.54, 1.807) is 0 Å². The molecule has 3 N–H and O–H groups in total. The average molecular weight is 1400 g/mol. The molecule has 0 aromatic rings. The zero-order chi connectivity index (χ0) is 70.0. The Kier molecular flexibility index (Phi) is 66.5. The Morgan fingerprint density at radius 2 is 0.484 bits per heavy atom. The summed E-state index contributed by atoms with van der Waals surface area (Å²) in [5, 5.41) is 10.6. The number of carbonyl (C=O) groups is 4. The van der Waals surface area contributed by atoms with E-state index in [-0.39, 0.29) is 25.7 Å². The summed E-state index contributed by atoms with van der Waals surface area (Å²) in [6, 6.07) is 0. The SMILES string of the molecule is CCCCCCCCCCCCCCCCCC(=O)OC[C@H](COP(=O)(O)OC[C@@H](O)COP(=O)(O)OC[C@@H](COC(=O)CCCCCCCCCCCCC)OC(=O)CCCCCCCCCCCC(C)C)OC(=O)CCCCCCCCCCCCCCCCC(C)C.